The fraction of sp³-hybridized carbons (Fsp3) is 0.800. The van der Waals surface area contributed by atoms with E-state index in [0.29, 0.717) is 5.41 Å². The molecule has 1 rings (SSSR count). The van der Waals surface area contributed by atoms with Gasteiger partial charge in [-0.3, -0.25) is 0 Å². The van der Waals surface area contributed by atoms with Crippen LogP contribution in [0.15, 0.2) is 11.6 Å². The highest BCUT2D eigenvalue weighted by Crippen LogP contribution is 2.43. The van der Waals surface area contributed by atoms with Crippen LogP contribution in [0.4, 0.5) is 0 Å². The van der Waals surface area contributed by atoms with Gasteiger partial charge in [0.2, 0.25) is 0 Å². The quantitative estimate of drug-likeness (QED) is 0.535. The Morgan fingerprint density at radius 2 is 1.75 bits per heavy atom. The van der Waals surface area contributed by atoms with Crippen LogP contribution in [0.25, 0.3) is 0 Å². The maximum atomic E-state index is 3.56. The summed E-state index contributed by atoms with van der Waals surface area (Å²) in [4.78, 5) is 0. The Morgan fingerprint density at radius 1 is 1.15 bits per heavy atom. The second kappa shape index (κ2) is 5.97. The van der Waals surface area contributed by atoms with Gasteiger partial charge in [0.25, 0.3) is 0 Å². The average Bonchev–Trinajstić information content (AvgIpc) is 2.29. The Kier molecular flexibility index (Phi) is 5.18. The molecule has 0 aromatic heterocycles. The van der Waals surface area contributed by atoms with E-state index in [-0.39, 0.29) is 10.8 Å². The van der Waals surface area contributed by atoms with E-state index in [9.17, 15) is 0 Å². The van der Waals surface area contributed by atoms with E-state index in [1.54, 1.807) is 0 Å². The van der Waals surface area contributed by atoms with Crippen molar-refractivity contribution in [3.63, 3.8) is 0 Å². The summed E-state index contributed by atoms with van der Waals surface area (Å²) in [5, 5.41) is 0. The molecule has 0 fully saturated rings. The Morgan fingerprint density at radius 3 is 2.30 bits per heavy atom. The third kappa shape index (κ3) is 5.35. The summed E-state index contributed by atoms with van der Waals surface area (Å²) >= 11 is 0. The predicted octanol–water partition coefficient (Wildman–Crippen LogP) is 6.22. The molecule has 1 aliphatic carbocycles. The molecule has 0 spiro atoms. The summed E-state index contributed by atoms with van der Waals surface area (Å²) in [6.45, 7) is 18.5. The van der Waals surface area contributed by atoms with Gasteiger partial charge in [-0.1, -0.05) is 59.5 Å². The van der Waals surface area contributed by atoms with Gasteiger partial charge < -0.3 is 0 Å². The van der Waals surface area contributed by atoms with E-state index < -0.39 is 0 Å². The molecule has 20 heavy (non-hydrogen) atoms. The first-order chi connectivity index (χ1) is 8.94. The molecule has 0 aliphatic heterocycles. The maximum Gasteiger partial charge on any atom is 0.0262 e. The zero-order valence-electron chi connectivity index (χ0n) is 15.0. The average molecular weight is 274 g/mol. The van der Waals surface area contributed by atoms with Gasteiger partial charge in [0.05, 0.1) is 0 Å². The Balaban J connectivity index is 2.90. The second-order valence-electron chi connectivity index (χ2n) is 9.00. The van der Waals surface area contributed by atoms with Crippen molar-refractivity contribution in [2.24, 2.45) is 22.2 Å². The number of hydrogen-bond donors (Lipinski definition) is 0. The molecule has 0 atom stereocenters. The second-order valence-corrected chi connectivity index (χ2v) is 9.00. The molecule has 0 unspecified atom stereocenters. The Hall–Kier alpha value is -0.700. The van der Waals surface area contributed by atoms with Crippen molar-refractivity contribution in [3.05, 3.63) is 11.6 Å². The normalized spacial score (nSPS) is 21.1. The summed E-state index contributed by atoms with van der Waals surface area (Å²) in [5.74, 6) is 7.87. The molecular formula is C20H34. The van der Waals surface area contributed by atoms with Crippen LogP contribution in [-0.2, 0) is 0 Å². The summed E-state index contributed by atoms with van der Waals surface area (Å²) < 4.78 is 0. The van der Waals surface area contributed by atoms with Crippen molar-refractivity contribution < 1.29 is 0 Å². The molecule has 0 radical (unpaired) electrons. The summed E-state index contributed by atoms with van der Waals surface area (Å²) in [5.41, 5.74) is 2.03. The molecule has 0 N–H and O–H groups in total. The first kappa shape index (κ1) is 17.4. The van der Waals surface area contributed by atoms with Gasteiger partial charge in [0.1, 0.15) is 0 Å². The minimum absolute atomic E-state index is 0.128. The molecule has 0 nitrogen and oxygen atoms in total. The van der Waals surface area contributed by atoms with E-state index in [1.165, 1.54) is 31.3 Å². The SMILES string of the molecule is CC(C)CCC(C)(C)C#CC1=CC(C)(C)CCC1(C)C. The van der Waals surface area contributed by atoms with Crippen LogP contribution in [0.1, 0.15) is 81.1 Å². The van der Waals surface area contributed by atoms with Crippen LogP contribution >= 0.6 is 0 Å². The number of allylic oxidation sites excluding steroid dienone is 2. The highest BCUT2D eigenvalue weighted by molar-refractivity contribution is 5.38. The van der Waals surface area contributed by atoms with Gasteiger partial charge in [-0.25, -0.2) is 0 Å². The largest absolute Gasteiger partial charge is 0.0920 e. The summed E-state index contributed by atoms with van der Waals surface area (Å²) in [7, 11) is 0. The first-order valence-electron chi connectivity index (χ1n) is 8.20. The Bertz CT molecular complexity index is 419. The molecule has 0 amide bonds. The lowest BCUT2D eigenvalue weighted by molar-refractivity contribution is 0.288. The maximum absolute atomic E-state index is 3.56. The zero-order valence-corrected chi connectivity index (χ0v) is 15.0. The van der Waals surface area contributed by atoms with Crippen LogP contribution in [0, 0.1) is 34.0 Å². The van der Waals surface area contributed by atoms with Crippen LogP contribution in [-0.4, -0.2) is 0 Å². The smallest absolute Gasteiger partial charge is 0.0262 e. The van der Waals surface area contributed by atoms with Crippen molar-refractivity contribution in [2.45, 2.75) is 81.1 Å². The molecular weight excluding hydrogens is 240 g/mol. The first-order valence-corrected chi connectivity index (χ1v) is 8.20. The van der Waals surface area contributed by atoms with Crippen LogP contribution < -0.4 is 0 Å². The molecule has 114 valence electrons. The highest BCUT2D eigenvalue weighted by Gasteiger charge is 2.32. The fourth-order valence-corrected chi connectivity index (χ4v) is 2.58. The monoisotopic (exact) mass is 274 g/mol. The molecule has 0 heterocycles. The number of hydrogen-bond acceptors (Lipinski definition) is 0. The van der Waals surface area contributed by atoms with Gasteiger partial charge in [0.15, 0.2) is 0 Å². The molecule has 0 heteroatoms. The lowest BCUT2D eigenvalue weighted by Crippen LogP contribution is -2.25. The molecule has 0 bridgehead atoms. The molecule has 0 aromatic rings. The highest BCUT2D eigenvalue weighted by atomic mass is 14.4. The van der Waals surface area contributed by atoms with Crippen LogP contribution in [0.3, 0.4) is 0 Å². The zero-order chi connectivity index (χ0) is 15.6. The Labute approximate surface area is 127 Å². The number of rotatable bonds is 3. The van der Waals surface area contributed by atoms with Crippen LogP contribution in [0.2, 0.25) is 0 Å². The standard InChI is InChI=1S/C20H34/c1-16(2)9-11-18(3,4)12-10-17-15-19(5,6)13-14-20(17,7)8/h15-16H,9,11,13-14H2,1-8H3. The van der Waals surface area contributed by atoms with Gasteiger partial charge >= 0.3 is 0 Å². The van der Waals surface area contributed by atoms with Crippen LogP contribution in [0.5, 0.6) is 0 Å². The van der Waals surface area contributed by atoms with Crippen molar-refractivity contribution in [2.75, 3.05) is 0 Å². The van der Waals surface area contributed by atoms with Crippen molar-refractivity contribution in [1.82, 2.24) is 0 Å². The van der Waals surface area contributed by atoms with E-state index in [1.807, 2.05) is 0 Å². The lowest BCUT2D eigenvalue weighted by atomic mass is 9.67. The minimum atomic E-state index is 0.128. The molecule has 0 aromatic carbocycles. The lowest BCUT2D eigenvalue weighted by Gasteiger charge is -2.36. The van der Waals surface area contributed by atoms with E-state index in [2.05, 4.69) is 73.3 Å². The third-order valence-electron chi connectivity index (χ3n) is 4.54. The predicted molar refractivity (Wildman–Crippen MR) is 90.5 cm³/mol. The summed E-state index contributed by atoms with van der Waals surface area (Å²) in [6.07, 6.45) is 7.38. The van der Waals surface area contributed by atoms with Crippen molar-refractivity contribution >= 4 is 0 Å². The van der Waals surface area contributed by atoms with Gasteiger partial charge in [-0.05, 0) is 56.3 Å². The topological polar surface area (TPSA) is 0 Å². The molecule has 0 saturated heterocycles. The minimum Gasteiger partial charge on any atom is -0.0920 e. The molecule has 0 saturated carbocycles. The van der Waals surface area contributed by atoms with E-state index >= 15 is 0 Å². The van der Waals surface area contributed by atoms with Crippen molar-refractivity contribution in [3.8, 4) is 11.8 Å². The van der Waals surface area contributed by atoms with Crippen molar-refractivity contribution in [1.29, 1.82) is 0 Å². The fourth-order valence-electron chi connectivity index (χ4n) is 2.58. The summed E-state index contributed by atoms with van der Waals surface area (Å²) in [6, 6.07) is 0. The third-order valence-corrected chi connectivity index (χ3v) is 4.54. The molecule has 1 aliphatic rings. The van der Waals surface area contributed by atoms with E-state index in [0.717, 1.165) is 5.92 Å². The van der Waals surface area contributed by atoms with E-state index in [4.69, 9.17) is 0 Å². The van der Waals surface area contributed by atoms with Gasteiger partial charge in [-0.15, -0.1) is 0 Å². The van der Waals surface area contributed by atoms with Gasteiger partial charge in [-0.2, -0.15) is 0 Å². The van der Waals surface area contributed by atoms with Gasteiger partial charge in [0, 0.05) is 11.0 Å².